The minimum atomic E-state index is -3.91. The summed E-state index contributed by atoms with van der Waals surface area (Å²) < 4.78 is 28.4. The third-order valence-corrected chi connectivity index (χ3v) is 5.17. The van der Waals surface area contributed by atoms with Crippen LogP contribution >= 0.6 is 27.3 Å². The average Bonchev–Trinajstić information content (AvgIpc) is 2.68. The van der Waals surface area contributed by atoms with Crippen LogP contribution in [0.1, 0.15) is 9.67 Å². The predicted molar refractivity (Wildman–Crippen MR) is 67.1 cm³/mol. The van der Waals surface area contributed by atoms with Gasteiger partial charge < -0.3 is 9.84 Å². The highest BCUT2D eigenvalue weighted by Gasteiger charge is 2.23. The van der Waals surface area contributed by atoms with Crippen molar-refractivity contribution in [2.45, 2.75) is 4.90 Å². The number of ether oxygens (including phenoxy) is 1. The molecule has 0 saturated heterocycles. The third-order valence-electron chi connectivity index (χ3n) is 1.71. The second-order valence-electron chi connectivity index (χ2n) is 2.98. The molecule has 1 heterocycles. The minimum absolute atomic E-state index is 0.0449. The van der Waals surface area contributed by atoms with Gasteiger partial charge in [-0.1, -0.05) is 4.89 Å². The van der Waals surface area contributed by atoms with Gasteiger partial charge in [0.25, 0.3) is 10.0 Å². The summed E-state index contributed by atoms with van der Waals surface area (Å²) in [5.41, 5.74) is 0. The van der Waals surface area contributed by atoms with E-state index in [2.05, 4.69) is 20.7 Å². The molecule has 0 aliphatic heterocycles. The van der Waals surface area contributed by atoms with E-state index in [0.717, 1.165) is 17.4 Å². The Bertz CT molecular complexity index is 526. The number of nitrogens with one attached hydrogen (secondary N) is 1. The quantitative estimate of drug-likeness (QED) is 0.557. The van der Waals surface area contributed by atoms with Gasteiger partial charge in [0.05, 0.1) is 17.0 Å². The number of hydrogen-bond acceptors (Lipinski definition) is 6. The summed E-state index contributed by atoms with van der Waals surface area (Å²) in [7, 11) is -2.46. The molecule has 0 spiro atoms. The number of aromatic carboxylic acids is 1. The molecule has 1 aromatic rings. The summed E-state index contributed by atoms with van der Waals surface area (Å²) in [5.74, 6) is -1.19. The zero-order valence-electron chi connectivity index (χ0n) is 9.17. The van der Waals surface area contributed by atoms with Gasteiger partial charge in [0.2, 0.25) is 0 Å². The molecular formula is C8H10BrNO6S2. The Morgan fingerprint density at radius 1 is 1.56 bits per heavy atom. The van der Waals surface area contributed by atoms with Crippen molar-refractivity contribution in [1.82, 2.24) is 4.89 Å². The van der Waals surface area contributed by atoms with Crippen LogP contribution in [0.25, 0.3) is 0 Å². The van der Waals surface area contributed by atoms with Crippen LogP contribution in [-0.4, -0.2) is 39.8 Å². The fraction of sp³-hybridized carbons (Fsp3) is 0.375. The summed E-state index contributed by atoms with van der Waals surface area (Å²) in [6.07, 6.45) is 0. The van der Waals surface area contributed by atoms with Crippen molar-refractivity contribution < 1.29 is 27.9 Å². The Hall–Kier alpha value is -0.520. The molecule has 0 saturated carbocycles. The predicted octanol–water partition coefficient (Wildman–Crippen LogP) is 1.07. The van der Waals surface area contributed by atoms with Crippen LogP contribution in [0.2, 0.25) is 0 Å². The van der Waals surface area contributed by atoms with Crippen molar-refractivity contribution in [2.24, 2.45) is 0 Å². The zero-order valence-corrected chi connectivity index (χ0v) is 12.4. The number of carboxylic acid groups (broad SMARTS) is 1. The van der Waals surface area contributed by atoms with E-state index >= 15 is 0 Å². The maximum atomic E-state index is 11.8. The summed E-state index contributed by atoms with van der Waals surface area (Å²) in [6.45, 7) is 0.275. The number of rotatable bonds is 7. The molecule has 1 rings (SSSR count). The average molecular weight is 360 g/mol. The van der Waals surface area contributed by atoms with Crippen LogP contribution in [0.3, 0.4) is 0 Å². The lowest BCUT2D eigenvalue weighted by molar-refractivity contribution is 0.0438. The third kappa shape index (κ3) is 4.00. The van der Waals surface area contributed by atoms with Crippen molar-refractivity contribution in [3.63, 3.8) is 0 Å². The molecule has 0 aromatic carbocycles. The molecule has 0 radical (unpaired) electrons. The van der Waals surface area contributed by atoms with Gasteiger partial charge in [-0.25, -0.2) is 13.2 Å². The van der Waals surface area contributed by atoms with E-state index in [9.17, 15) is 13.2 Å². The Labute approximate surface area is 116 Å². The van der Waals surface area contributed by atoms with E-state index in [1.54, 1.807) is 0 Å². The van der Waals surface area contributed by atoms with E-state index in [4.69, 9.17) is 9.94 Å². The van der Waals surface area contributed by atoms with Crippen LogP contribution in [0.15, 0.2) is 14.7 Å². The van der Waals surface area contributed by atoms with Gasteiger partial charge in [-0.3, -0.25) is 4.84 Å². The lowest BCUT2D eigenvalue weighted by Crippen LogP contribution is -2.25. The number of thiophene rings is 1. The SMILES string of the molecule is COCCONS(=O)(=O)c1cc(C(=O)O)sc1Br. The zero-order chi connectivity index (χ0) is 13.8. The van der Waals surface area contributed by atoms with Gasteiger partial charge in [-0.2, -0.15) is 0 Å². The van der Waals surface area contributed by atoms with Gasteiger partial charge in [0, 0.05) is 7.11 Å². The monoisotopic (exact) mass is 359 g/mol. The number of carbonyl (C=O) groups is 1. The maximum absolute atomic E-state index is 11.8. The van der Waals surface area contributed by atoms with Crippen molar-refractivity contribution >= 4 is 43.3 Å². The minimum Gasteiger partial charge on any atom is -0.477 e. The molecule has 0 unspecified atom stereocenters. The van der Waals surface area contributed by atoms with Crippen molar-refractivity contribution in [1.29, 1.82) is 0 Å². The summed E-state index contributed by atoms with van der Waals surface area (Å²) >= 11 is 3.81. The smallest absolute Gasteiger partial charge is 0.345 e. The van der Waals surface area contributed by atoms with E-state index in [1.165, 1.54) is 7.11 Å². The molecule has 1 aromatic heterocycles. The fourth-order valence-corrected chi connectivity index (χ4v) is 4.16. The van der Waals surface area contributed by atoms with E-state index in [0.29, 0.717) is 0 Å². The second kappa shape index (κ2) is 6.59. The van der Waals surface area contributed by atoms with Crippen LogP contribution < -0.4 is 4.89 Å². The standard InChI is InChI=1S/C8H10BrNO6S2/c1-15-2-3-16-10-18(13,14)6-4-5(8(11)12)17-7(6)9/h4,10H,2-3H2,1H3,(H,11,12). The van der Waals surface area contributed by atoms with Crippen LogP contribution in [-0.2, 0) is 19.6 Å². The van der Waals surface area contributed by atoms with Crippen molar-refractivity contribution in [3.05, 3.63) is 14.7 Å². The highest BCUT2D eigenvalue weighted by atomic mass is 79.9. The van der Waals surface area contributed by atoms with Crippen molar-refractivity contribution in [3.8, 4) is 0 Å². The Morgan fingerprint density at radius 2 is 2.22 bits per heavy atom. The number of carboxylic acids is 1. The Morgan fingerprint density at radius 3 is 2.72 bits per heavy atom. The molecule has 0 amide bonds. The van der Waals surface area contributed by atoms with Crippen LogP contribution in [0.5, 0.6) is 0 Å². The molecule has 7 nitrogen and oxygen atoms in total. The maximum Gasteiger partial charge on any atom is 0.345 e. The van der Waals surface area contributed by atoms with Crippen LogP contribution in [0.4, 0.5) is 0 Å². The Kier molecular flexibility index (Phi) is 5.69. The number of methoxy groups -OCH3 is 1. The summed E-state index contributed by atoms with van der Waals surface area (Å²) in [6, 6.07) is 1.05. The normalized spacial score (nSPS) is 11.7. The lowest BCUT2D eigenvalue weighted by Gasteiger charge is -2.05. The molecular weight excluding hydrogens is 350 g/mol. The second-order valence-corrected chi connectivity index (χ2v) is 6.97. The summed E-state index contributed by atoms with van der Waals surface area (Å²) in [5, 5.41) is 8.76. The highest BCUT2D eigenvalue weighted by Crippen LogP contribution is 2.31. The molecule has 10 heteroatoms. The first kappa shape index (κ1) is 15.5. The van der Waals surface area contributed by atoms with E-state index in [1.807, 2.05) is 4.89 Å². The number of halogens is 1. The topological polar surface area (TPSA) is 102 Å². The molecule has 0 fully saturated rings. The summed E-state index contributed by atoms with van der Waals surface area (Å²) in [4.78, 5) is 17.0. The van der Waals surface area contributed by atoms with Gasteiger partial charge in [0.1, 0.15) is 9.77 Å². The first-order valence-corrected chi connectivity index (χ1v) is 7.63. The van der Waals surface area contributed by atoms with Gasteiger partial charge >= 0.3 is 5.97 Å². The van der Waals surface area contributed by atoms with Crippen LogP contribution in [0, 0.1) is 0 Å². The fourth-order valence-electron chi connectivity index (χ4n) is 0.930. The number of hydrogen-bond donors (Lipinski definition) is 2. The van der Waals surface area contributed by atoms with E-state index < -0.39 is 16.0 Å². The molecule has 0 aliphatic carbocycles. The molecule has 102 valence electrons. The lowest BCUT2D eigenvalue weighted by atomic mass is 10.5. The van der Waals surface area contributed by atoms with E-state index in [-0.39, 0.29) is 26.8 Å². The largest absolute Gasteiger partial charge is 0.477 e. The first-order chi connectivity index (χ1) is 8.38. The van der Waals surface area contributed by atoms with Gasteiger partial charge in [0.15, 0.2) is 0 Å². The van der Waals surface area contributed by atoms with Gasteiger partial charge in [-0.15, -0.1) is 11.3 Å². The van der Waals surface area contributed by atoms with Gasteiger partial charge in [-0.05, 0) is 22.0 Å². The first-order valence-electron chi connectivity index (χ1n) is 4.53. The number of sulfonamides is 1. The Balaban J connectivity index is 2.81. The molecule has 0 atom stereocenters. The van der Waals surface area contributed by atoms with Crippen molar-refractivity contribution in [2.75, 3.05) is 20.3 Å². The molecule has 0 aliphatic rings. The molecule has 0 bridgehead atoms. The molecule has 2 N–H and O–H groups in total. The molecule has 18 heavy (non-hydrogen) atoms. The highest BCUT2D eigenvalue weighted by molar-refractivity contribution is 9.11.